The summed E-state index contributed by atoms with van der Waals surface area (Å²) in [5, 5.41) is 3.28. The van der Waals surface area contributed by atoms with E-state index in [2.05, 4.69) is 39.2 Å². The molecule has 0 atom stereocenters. The number of carbonyl (C=O) groups excluding carboxylic acids is 1. The summed E-state index contributed by atoms with van der Waals surface area (Å²) >= 11 is 0. The molecule has 4 nitrogen and oxygen atoms in total. The number of methoxy groups -OCH3 is 1. The Hall–Kier alpha value is -1.97. The number of hydrogen-bond donors (Lipinski definition) is 1. The average molecular weight is 288 g/mol. The van der Waals surface area contributed by atoms with Gasteiger partial charge >= 0.3 is 5.97 Å². The predicted octanol–water partition coefficient (Wildman–Crippen LogP) is 3.21. The van der Waals surface area contributed by atoms with Gasteiger partial charge in [-0.25, -0.2) is 4.79 Å². The van der Waals surface area contributed by atoms with Crippen LogP contribution in [0.3, 0.4) is 0 Å². The highest BCUT2D eigenvalue weighted by Gasteiger charge is 2.10. The standard InChI is InChI=1S/C17H24N2O2/c1-14(17(20)21-2)10-11-18-15-6-8-16(9-7-15)19-12-4-3-5-13-19/h6-10,18H,3-5,11-13H2,1-2H3/b14-10+. The Labute approximate surface area is 126 Å². The highest BCUT2D eigenvalue weighted by atomic mass is 16.5. The van der Waals surface area contributed by atoms with Crippen molar-refractivity contribution < 1.29 is 9.53 Å². The summed E-state index contributed by atoms with van der Waals surface area (Å²) in [6.07, 6.45) is 5.77. The molecule has 0 unspecified atom stereocenters. The van der Waals surface area contributed by atoms with Crippen molar-refractivity contribution in [3.05, 3.63) is 35.9 Å². The second kappa shape index (κ2) is 7.72. The minimum atomic E-state index is -0.280. The third kappa shape index (κ3) is 4.52. The molecule has 21 heavy (non-hydrogen) atoms. The third-order valence-corrected chi connectivity index (χ3v) is 3.81. The van der Waals surface area contributed by atoms with E-state index < -0.39 is 0 Å². The minimum absolute atomic E-state index is 0.280. The number of nitrogens with zero attached hydrogens (tertiary/aromatic N) is 1. The molecule has 0 aliphatic carbocycles. The Balaban J connectivity index is 1.86. The lowest BCUT2D eigenvalue weighted by molar-refractivity contribution is -0.136. The molecule has 1 aromatic carbocycles. The molecule has 1 aliphatic heterocycles. The number of ether oxygens (including phenoxy) is 1. The van der Waals surface area contributed by atoms with Crippen molar-refractivity contribution in [3.8, 4) is 0 Å². The first-order valence-electron chi connectivity index (χ1n) is 7.54. The van der Waals surface area contributed by atoms with Crippen LogP contribution in [0.25, 0.3) is 0 Å². The Morgan fingerprint density at radius 3 is 2.52 bits per heavy atom. The van der Waals surface area contributed by atoms with Crippen LogP contribution in [-0.2, 0) is 9.53 Å². The number of piperidine rings is 1. The fourth-order valence-corrected chi connectivity index (χ4v) is 2.51. The first-order chi connectivity index (χ1) is 10.2. The van der Waals surface area contributed by atoms with Crippen molar-refractivity contribution >= 4 is 17.3 Å². The molecule has 1 aromatic rings. The number of carbonyl (C=O) groups is 1. The first-order valence-corrected chi connectivity index (χ1v) is 7.54. The number of hydrogen-bond acceptors (Lipinski definition) is 4. The summed E-state index contributed by atoms with van der Waals surface area (Å²) in [7, 11) is 1.40. The van der Waals surface area contributed by atoms with Gasteiger partial charge in [-0.15, -0.1) is 0 Å². The highest BCUT2D eigenvalue weighted by molar-refractivity contribution is 5.87. The van der Waals surface area contributed by atoms with Gasteiger partial charge in [0.05, 0.1) is 7.11 Å². The topological polar surface area (TPSA) is 41.6 Å². The summed E-state index contributed by atoms with van der Waals surface area (Å²) in [4.78, 5) is 13.7. The van der Waals surface area contributed by atoms with E-state index in [-0.39, 0.29) is 5.97 Å². The molecule has 1 aliphatic rings. The SMILES string of the molecule is COC(=O)/C(C)=C/CNc1ccc(N2CCCCC2)cc1. The number of benzene rings is 1. The maximum atomic E-state index is 11.3. The van der Waals surface area contributed by atoms with E-state index in [1.807, 2.05) is 6.08 Å². The fraction of sp³-hybridized carbons (Fsp3) is 0.471. The van der Waals surface area contributed by atoms with Gasteiger partial charge < -0.3 is 15.0 Å². The van der Waals surface area contributed by atoms with Crippen molar-refractivity contribution in [2.75, 3.05) is 37.0 Å². The minimum Gasteiger partial charge on any atom is -0.466 e. The van der Waals surface area contributed by atoms with Crippen molar-refractivity contribution in [2.24, 2.45) is 0 Å². The van der Waals surface area contributed by atoms with Gasteiger partial charge in [0.25, 0.3) is 0 Å². The van der Waals surface area contributed by atoms with Crippen molar-refractivity contribution in [3.63, 3.8) is 0 Å². The first kappa shape index (κ1) is 15.4. The zero-order valence-electron chi connectivity index (χ0n) is 12.9. The average Bonchev–Trinajstić information content (AvgIpc) is 2.55. The molecule has 0 spiro atoms. The summed E-state index contributed by atoms with van der Waals surface area (Å²) in [5.41, 5.74) is 2.97. The van der Waals surface area contributed by atoms with Crippen molar-refractivity contribution in [1.82, 2.24) is 0 Å². The van der Waals surface area contributed by atoms with Crippen LogP contribution in [0.4, 0.5) is 11.4 Å². The van der Waals surface area contributed by atoms with Gasteiger partial charge in [-0.2, -0.15) is 0 Å². The van der Waals surface area contributed by atoms with Gasteiger partial charge in [-0.05, 0) is 50.5 Å². The molecule has 4 heteroatoms. The van der Waals surface area contributed by atoms with E-state index in [0.29, 0.717) is 12.1 Å². The van der Waals surface area contributed by atoms with Crippen LogP contribution in [-0.4, -0.2) is 32.7 Å². The maximum Gasteiger partial charge on any atom is 0.333 e. The molecule has 1 saturated heterocycles. The molecule has 0 aromatic heterocycles. The van der Waals surface area contributed by atoms with Crippen molar-refractivity contribution in [1.29, 1.82) is 0 Å². The van der Waals surface area contributed by atoms with Gasteiger partial charge in [-0.1, -0.05) is 6.08 Å². The van der Waals surface area contributed by atoms with Gasteiger partial charge in [0.2, 0.25) is 0 Å². The molecular formula is C17H24N2O2. The molecule has 1 N–H and O–H groups in total. The smallest absolute Gasteiger partial charge is 0.333 e. The monoisotopic (exact) mass is 288 g/mol. The van der Waals surface area contributed by atoms with Crippen LogP contribution >= 0.6 is 0 Å². The van der Waals surface area contributed by atoms with Crippen LogP contribution in [0.2, 0.25) is 0 Å². The fourth-order valence-electron chi connectivity index (χ4n) is 2.51. The summed E-state index contributed by atoms with van der Waals surface area (Å²) in [6.45, 7) is 4.69. The Morgan fingerprint density at radius 1 is 1.24 bits per heavy atom. The van der Waals surface area contributed by atoms with E-state index >= 15 is 0 Å². The molecule has 2 rings (SSSR count). The highest BCUT2D eigenvalue weighted by Crippen LogP contribution is 2.21. The van der Waals surface area contributed by atoms with Crippen LogP contribution in [0.1, 0.15) is 26.2 Å². The molecular weight excluding hydrogens is 264 g/mol. The van der Waals surface area contributed by atoms with Gasteiger partial charge in [-0.3, -0.25) is 0 Å². The molecule has 1 heterocycles. The lowest BCUT2D eigenvalue weighted by Gasteiger charge is -2.28. The third-order valence-electron chi connectivity index (χ3n) is 3.81. The maximum absolute atomic E-state index is 11.3. The quantitative estimate of drug-likeness (QED) is 0.667. The molecule has 0 radical (unpaired) electrons. The molecule has 114 valence electrons. The van der Waals surface area contributed by atoms with Crippen LogP contribution in [0.5, 0.6) is 0 Å². The number of anilines is 2. The van der Waals surface area contributed by atoms with Crippen LogP contribution < -0.4 is 10.2 Å². The van der Waals surface area contributed by atoms with Crippen LogP contribution in [0.15, 0.2) is 35.9 Å². The van der Waals surface area contributed by atoms with E-state index in [0.717, 1.165) is 18.8 Å². The predicted molar refractivity (Wildman–Crippen MR) is 86.8 cm³/mol. The molecule has 0 amide bonds. The summed E-state index contributed by atoms with van der Waals surface area (Å²) in [6, 6.07) is 8.49. The Morgan fingerprint density at radius 2 is 1.90 bits per heavy atom. The lowest BCUT2D eigenvalue weighted by atomic mass is 10.1. The zero-order chi connectivity index (χ0) is 15.1. The Kier molecular flexibility index (Phi) is 5.67. The zero-order valence-corrected chi connectivity index (χ0v) is 12.9. The van der Waals surface area contributed by atoms with Crippen LogP contribution in [0, 0.1) is 0 Å². The number of esters is 1. The summed E-state index contributed by atoms with van der Waals surface area (Å²) in [5.74, 6) is -0.280. The van der Waals surface area contributed by atoms with Gasteiger partial charge in [0.1, 0.15) is 0 Å². The van der Waals surface area contributed by atoms with E-state index in [9.17, 15) is 4.79 Å². The lowest BCUT2D eigenvalue weighted by Crippen LogP contribution is -2.29. The second-order valence-corrected chi connectivity index (χ2v) is 5.35. The van der Waals surface area contributed by atoms with E-state index in [4.69, 9.17) is 0 Å². The molecule has 1 fully saturated rings. The number of rotatable bonds is 5. The normalized spacial score (nSPS) is 15.7. The summed E-state index contributed by atoms with van der Waals surface area (Å²) < 4.78 is 4.66. The van der Waals surface area contributed by atoms with Crippen molar-refractivity contribution in [2.45, 2.75) is 26.2 Å². The molecule has 0 saturated carbocycles. The Bertz CT molecular complexity index is 488. The van der Waals surface area contributed by atoms with Gasteiger partial charge in [0, 0.05) is 36.6 Å². The van der Waals surface area contributed by atoms with Gasteiger partial charge in [0.15, 0.2) is 0 Å². The second-order valence-electron chi connectivity index (χ2n) is 5.35. The van der Waals surface area contributed by atoms with E-state index in [1.54, 1.807) is 6.92 Å². The van der Waals surface area contributed by atoms with E-state index in [1.165, 1.54) is 32.1 Å². The number of nitrogens with one attached hydrogen (secondary N) is 1. The largest absolute Gasteiger partial charge is 0.466 e. The molecule has 0 bridgehead atoms.